The van der Waals surface area contributed by atoms with Crippen molar-refractivity contribution < 1.29 is 9.90 Å². The van der Waals surface area contributed by atoms with E-state index in [0.717, 1.165) is 18.4 Å². The molecule has 0 radical (unpaired) electrons. The van der Waals surface area contributed by atoms with E-state index < -0.39 is 0 Å². The van der Waals surface area contributed by atoms with Crippen LogP contribution in [-0.2, 0) is 6.42 Å². The molecule has 20 heavy (non-hydrogen) atoms. The first kappa shape index (κ1) is 14.3. The van der Waals surface area contributed by atoms with Crippen molar-refractivity contribution in [3.8, 4) is 5.75 Å². The third-order valence-corrected chi connectivity index (χ3v) is 3.10. The van der Waals surface area contributed by atoms with E-state index in [4.69, 9.17) is 11.6 Å². The molecule has 1 heterocycles. The van der Waals surface area contributed by atoms with Crippen molar-refractivity contribution in [3.63, 3.8) is 0 Å². The van der Waals surface area contributed by atoms with Crippen molar-refractivity contribution in [2.45, 2.75) is 12.8 Å². The van der Waals surface area contributed by atoms with Gasteiger partial charge in [0.25, 0.3) is 5.91 Å². The second kappa shape index (κ2) is 6.91. The van der Waals surface area contributed by atoms with Crippen LogP contribution in [0.1, 0.15) is 22.3 Å². The van der Waals surface area contributed by atoms with Crippen molar-refractivity contribution in [1.29, 1.82) is 0 Å². The molecule has 0 saturated heterocycles. The van der Waals surface area contributed by atoms with Gasteiger partial charge in [0.05, 0.1) is 11.8 Å². The summed E-state index contributed by atoms with van der Waals surface area (Å²) in [4.78, 5) is 15.8. The first-order chi connectivity index (χ1) is 9.70. The van der Waals surface area contributed by atoms with Gasteiger partial charge in [-0.05, 0) is 36.6 Å². The van der Waals surface area contributed by atoms with Crippen LogP contribution in [0.3, 0.4) is 0 Å². The maximum absolute atomic E-state index is 12.0. The highest BCUT2D eigenvalue weighted by molar-refractivity contribution is 6.17. The van der Waals surface area contributed by atoms with E-state index in [9.17, 15) is 9.90 Å². The van der Waals surface area contributed by atoms with Crippen LogP contribution in [0.2, 0.25) is 0 Å². The molecule has 2 rings (SSSR count). The summed E-state index contributed by atoms with van der Waals surface area (Å²) in [6.45, 7) is 0. The molecule has 0 bridgehead atoms. The van der Waals surface area contributed by atoms with Gasteiger partial charge in [-0.15, -0.1) is 11.6 Å². The minimum atomic E-state index is -0.362. The van der Waals surface area contributed by atoms with Crippen LogP contribution in [0.5, 0.6) is 5.75 Å². The molecule has 0 aliphatic rings. The number of anilines is 1. The molecule has 5 heteroatoms. The van der Waals surface area contributed by atoms with Crippen LogP contribution in [-0.4, -0.2) is 21.9 Å². The molecule has 0 aliphatic carbocycles. The van der Waals surface area contributed by atoms with E-state index in [1.807, 2.05) is 18.2 Å². The van der Waals surface area contributed by atoms with E-state index in [1.165, 1.54) is 18.5 Å². The number of rotatable bonds is 5. The number of nitrogens with zero attached hydrogens (tertiary/aromatic N) is 1. The number of carbonyl (C=O) groups is 1. The van der Waals surface area contributed by atoms with E-state index >= 15 is 0 Å². The Morgan fingerprint density at radius 2 is 2.20 bits per heavy atom. The molecule has 2 N–H and O–H groups in total. The normalized spacial score (nSPS) is 10.2. The SMILES string of the molecule is O=C(Nc1cccc(CCCCl)c1)c1ccncc1O. The molecule has 2 aromatic rings. The lowest BCUT2D eigenvalue weighted by Crippen LogP contribution is -2.12. The second-order valence-corrected chi connectivity index (χ2v) is 4.72. The summed E-state index contributed by atoms with van der Waals surface area (Å²) in [6.07, 6.45) is 4.47. The fourth-order valence-corrected chi connectivity index (χ4v) is 1.99. The number of hydrogen-bond donors (Lipinski definition) is 2. The Morgan fingerprint density at radius 3 is 2.95 bits per heavy atom. The summed E-state index contributed by atoms with van der Waals surface area (Å²) in [5, 5.41) is 12.3. The van der Waals surface area contributed by atoms with Gasteiger partial charge >= 0.3 is 0 Å². The fraction of sp³-hybridized carbons (Fsp3) is 0.200. The van der Waals surface area contributed by atoms with Crippen molar-refractivity contribution in [1.82, 2.24) is 4.98 Å². The summed E-state index contributed by atoms with van der Waals surface area (Å²) in [7, 11) is 0. The summed E-state index contributed by atoms with van der Waals surface area (Å²) >= 11 is 5.67. The van der Waals surface area contributed by atoms with E-state index in [-0.39, 0.29) is 17.2 Å². The lowest BCUT2D eigenvalue weighted by Gasteiger charge is -2.08. The van der Waals surface area contributed by atoms with E-state index in [2.05, 4.69) is 10.3 Å². The van der Waals surface area contributed by atoms with Crippen molar-refractivity contribution in [3.05, 3.63) is 53.9 Å². The monoisotopic (exact) mass is 290 g/mol. The standard InChI is InChI=1S/C15H15ClN2O2/c16-7-2-4-11-3-1-5-12(9-11)18-15(20)13-6-8-17-10-14(13)19/h1,3,5-6,8-10,19H,2,4,7H2,(H,18,20). The number of halogens is 1. The van der Waals surface area contributed by atoms with Crippen LogP contribution in [0, 0.1) is 0 Å². The lowest BCUT2D eigenvalue weighted by atomic mass is 10.1. The van der Waals surface area contributed by atoms with Crippen LogP contribution in [0.4, 0.5) is 5.69 Å². The minimum absolute atomic E-state index is 0.136. The highest BCUT2D eigenvalue weighted by Gasteiger charge is 2.10. The average molecular weight is 291 g/mol. The van der Waals surface area contributed by atoms with Gasteiger partial charge < -0.3 is 10.4 Å². The van der Waals surface area contributed by atoms with Gasteiger partial charge in [-0.3, -0.25) is 9.78 Å². The Balaban J connectivity index is 2.10. The topological polar surface area (TPSA) is 62.2 Å². The van der Waals surface area contributed by atoms with Crippen LogP contribution in [0.15, 0.2) is 42.7 Å². The number of hydrogen-bond acceptors (Lipinski definition) is 3. The molecule has 0 saturated carbocycles. The summed E-state index contributed by atoms with van der Waals surface area (Å²) in [6, 6.07) is 9.06. The smallest absolute Gasteiger partial charge is 0.259 e. The predicted octanol–water partition coefficient (Wildman–Crippen LogP) is 3.21. The fourth-order valence-electron chi connectivity index (χ4n) is 1.85. The highest BCUT2D eigenvalue weighted by Crippen LogP contribution is 2.18. The molecule has 0 atom stereocenters. The van der Waals surface area contributed by atoms with Crippen LogP contribution >= 0.6 is 11.6 Å². The van der Waals surface area contributed by atoms with Crippen molar-refractivity contribution in [2.24, 2.45) is 0 Å². The summed E-state index contributed by atoms with van der Waals surface area (Å²) in [5.41, 5.74) is 2.01. The number of carbonyl (C=O) groups excluding carboxylic acids is 1. The highest BCUT2D eigenvalue weighted by atomic mass is 35.5. The minimum Gasteiger partial charge on any atom is -0.505 e. The van der Waals surface area contributed by atoms with Gasteiger partial charge in [-0.2, -0.15) is 0 Å². The number of nitrogens with one attached hydrogen (secondary N) is 1. The molecular weight excluding hydrogens is 276 g/mol. The van der Waals surface area contributed by atoms with Crippen molar-refractivity contribution >= 4 is 23.2 Å². The largest absolute Gasteiger partial charge is 0.505 e. The quantitative estimate of drug-likeness (QED) is 0.831. The number of benzene rings is 1. The lowest BCUT2D eigenvalue weighted by molar-refractivity contribution is 0.102. The number of aromatic nitrogens is 1. The molecular formula is C15H15ClN2O2. The van der Waals surface area contributed by atoms with Crippen molar-refractivity contribution in [2.75, 3.05) is 11.2 Å². The third-order valence-electron chi connectivity index (χ3n) is 2.83. The zero-order chi connectivity index (χ0) is 14.4. The summed E-state index contributed by atoms with van der Waals surface area (Å²) < 4.78 is 0. The first-order valence-electron chi connectivity index (χ1n) is 6.30. The van der Waals surface area contributed by atoms with Gasteiger partial charge in [0.1, 0.15) is 5.75 Å². The van der Waals surface area contributed by atoms with Crippen LogP contribution in [0.25, 0.3) is 0 Å². The van der Waals surface area contributed by atoms with Gasteiger partial charge in [0, 0.05) is 17.8 Å². The van der Waals surface area contributed by atoms with Gasteiger partial charge in [-0.25, -0.2) is 0 Å². The number of aryl methyl sites for hydroxylation is 1. The number of aromatic hydroxyl groups is 1. The van der Waals surface area contributed by atoms with Gasteiger partial charge in [0.15, 0.2) is 0 Å². The van der Waals surface area contributed by atoms with Crippen LogP contribution < -0.4 is 5.32 Å². The van der Waals surface area contributed by atoms with Gasteiger partial charge in [0.2, 0.25) is 0 Å². The predicted molar refractivity (Wildman–Crippen MR) is 79.3 cm³/mol. The molecule has 1 aromatic carbocycles. The Labute approximate surface area is 122 Å². The molecule has 0 fully saturated rings. The summed E-state index contributed by atoms with van der Waals surface area (Å²) in [5.74, 6) is 0.115. The van der Waals surface area contributed by atoms with E-state index in [0.29, 0.717) is 11.6 Å². The van der Waals surface area contributed by atoms with E-state index in [1.54, 1.807) is 6.07 Å². The molecule has 1 aromatic heterocycles. The maximum Gasteiger partial charge on any atom is 0.259 e. The maximum atomic E-state index is 12.0. The third kappa shape index (κ3) is 3.71. The van der Waals surface area contributed by atoms with Gasteiger partial charge in [-0.1, -0.05) is 12.1 Å². The molecule has 0 spiro atoms. The Kier molecular flexibility index (Phi) is 4.96. The molecule has 4 nitrogen and oxygen atoms in total. The molecule has 104 valence electrons. The Morgan fingerprint density at radius 1 is 1.35 bits per heavy atom. The second-order valence-electron chi connectivity index (χ2n) is 4.34. The first-order valence-corrected chi connectivity index (χ1v) is 6.83. The Bertz CT molecular complexity index is 602. The zero-order valence-electron chi connectivity index (χ0n) is 10.8. The zero-order valence-corrected chi connectivity index (χ0v) is 11.6. The average Bonchev–Trinajstić information content (AvgIpc) is 2.46. The molecule has 0 unspecified atom stereocenters. The number of alkyl halides is 1. The molecule has 0 aliphatic heterocycles. The number of amides is 1. The molecule has 1 amide bonds. The Hall–Kier alpha value is -2.07. The number of pyridine rings is 1.